The third kappa shape index (κ3) is 11.6. The first-order valence-corrected chi connectivity index (χ1v) is 18.9. The lowest BCUT2D eigenvalue weighted by atomic mass is 9.75. The zero-order chi connectivity index (χ0) is 35.9. The summed E-state index contributed by atoms with van der Waals surface area (Å²) in [6.45, 7) is 8.45. The van der Waals surface area contributed by atoms with Crippen molar-refractivity contribution in [3.63, 3.8) is 0 Å². The van der Waals surface area contributed by atoms with E-state index in [9.17, 15) is 14.7 Å². The van der Waals surface area contributed by atoms with Gasteiger partial charge in [0, 0.05) is 0 Å². The van der Waals surface area contributed by atoms with Crippen molar-refractivity contribution in [2.45, 2.75) is 116 Å². The maximum Gasteiger partial charge on any atom is 0.335 e. The van der Waals surface area contributed by atoms with Crippen molar-refractivity contribution in [1.29, 1.82) is 0 Å². The van der Waals surface area contributed by atoms with E-state index >= 15 is 0 Å². The molecule has 0 saturated heterocycles. The van der Waals surface area contributed by atoms with Gasteiger partial charge in [0.15, 0.2) is 11.5 Å². The lowest BCUT2D eigenvalue weighted by Crippen LogP contribution is -2.31. The van der Waals surface area contributed by atoms with E-state index in [1.165, 1.54) is 68.1 Å². The molecule has 0 atom stereocenters. The number of aliphatic hydroxyl groups excluding tert-OH is 2. The fourth-order valence-electron chi connectivity index (χ4n) is 7.28. The van der Waals surface area contributed by atoms with Gasteiger partial charge in [0.25, 0.3) is 0 Å². The van der Waals surface area contributed by atoms with Crippen molar-refractivity contribution < 1.29 is 38.7 Å². The lowest BCUT2D eigenvalue weighted by molar-refractivity contribution is -0.156. The molecule has 2 fully saturated rings. The molecule has 0 spiro atoms. The van der Waals surface area contributed by atoms with E-state index in [1.54, 1.807) is 13.8 Å². The minimum atomic E-state index is -0.982. The van der Waals surface area contributed by atoms with Crippen molar-refractivity contribution in [2.24, 2.45) is 11.3 Å². The molecule has 2 aliphatic carbocycles. The molecule has 2 saturated carbocycles. The first-order chi connectivity index (χ1) is 24.1. The summed E-state index contributed by atoms with van der Waals surface area (Å²) in [4.78, 5) is 24.1. The van der Waals surface area contributed by atoms with Crippen LogP contribution in [0, 0.1) is 11.3 Å². The van der Waals surface area contributed by atoms with Gasteiger partial charge in [-0.25, -0.2) is 4.79 Å². The molecular weight excluding hydrogens is 632 g/mol. The highest BCUT2D eigenvalue weighted by Gasteiger charge is 2.29. The average Bonchev–Trinajstić information content (AvgIpc) is 3.15. The van der Waals surface area contributed by atoms with Crippen LogP contribution < -0.4 is 9.47 Å². The summed E-state index contributed by atoms with van der Waals surface area (Å²) < 4.78 is 22.4. The second-order valence-electron chi connectivity index (χ2n) is 14.9. The summed E-state index contributed by atoms with van der Waals surface area (Å²) in [5.41, 5.74) is 3.15. The fraction of sp³-hybridized carbons (Fsp3) is 0.619. The highest BCUT2D eigenvalue weighted by atomic mass is 16.6. The lowest BCUT2D eigenvalue weighted by Gasteiger charge is -2.31. The first kappa shape index (κ1) is 39.4. The topological polar surface area (TPSA) is 112 Å². The zero-order valence-corrected chi connectivity index (χ0v) is 30.6. The standard InChI is InChI=1S/C42H60O8/c1-5-6-7-8-31-9-11-32(12-10-31)33-13-15-34(16-14-33)35-17-19-36(20-18-35)37-21-22-38(47-24-26-50-41(46)42(3,4)29-44)39(27-37)48-23-25-49-40(45)30(2)28-43/h13-16,21-22,27,31-32,35-36,43-44H,2,5-12,17-20,23-26,28-29H2,1,3-4H3. The molecule has 2 aromatic carbocycles. The summed E-state index contributed by atoms with van der Waals surface area (Å²) in [5.74, 6) is 2.46. The van der Waals surface area contributed by atoms with Gasteiger partial charge in [-0.1, -0.05) is 69.5 Å². The molecular formula is C42H60O8. The van der Waals surface area contributed by atoms with Gasteiger partial charge in [0.1, 0.15) is 26.4 Å². The van der Waals surface area contributed by atoms with Gasteiger partial charge in [0.05, 0.1) is 24.2 Å². The Hall–Kier alpha value is -3.36. The van der Waals surface area contributed by atoms with E-state index in [-0.39, 0.29) is 38.6 Å². The van der Waals surface area contributed by atoms with E-state index in [2.05, 4.69) is 43.8 Å². The molecule has 8 heteroatoms. The van der Waals surface area contributed by atoms with E-state index in [0.29, 0.717) is 29.3 Å². The molecule has 0 unspecified atom stereocenters. The third-order valence-corrected chi connectivity index (χ3v) is 10.7. The maximum absolute atomic E-state index is 12.2. The van der Waals surface area contributed by atoms with Crippen LogP contribution in [0.4, 0.5) is 0 Å². The number of hydrogen-bond donors (Lipinski definition) is 2. The van der Waals surface area contributed by atoms with Crippen molar-refractivity contribution >= 4 is 11.9 Å². The predicted molar refractivity (Wildman–Crippen MR) is 196 cm³/mol. The minimum Gasteiger partial charge on any atom is -0.486 e. The van der Waals surface area contributed by atoms with E-state index in [0.717, 1.165) is 31.6 Å². The van der Waals surface area contributed by atoms with Gasteiger partial charge >= 0.3 is 11.9 Å². The highest BCUT2D eigenvalue weighted by Crippen LogP contribution is 2.43. The summed E-state index contributed by atoms with van der Waals surface area (Å²) in [5, 5.41) is 18.5. The third-order valence-electron chi connectivity index (χ3n) is 10.7. The van der Waals surface area contributed by atoms with E-state index < -0.39 is 24.0 Å². The number of carbonyl (C=O) groups is 2. The number of hydrogen-bond acceptors (Lipinski definition) is 8. The molecule has 276 valence electrons. The molecule has 0 aromatic heterocycles. The Kier molecular flexibility index (Phi) is 15.7. The molecule has 0 radical (unpaired) electrons. The largest absolute Gasteiger partial charge is 0.486 e. The first-order valence-electron chi connectivity index (χ1n) is 18.9. The van der Waals surface area contributed by atoms with Crippen LogP contribution in [0.2, 0.25) is 0 Å². The van der Waals surface area contributed by atoms with Crippen molar-refractivity contribution in [2.75, 3.05) is 39.6 Å². The zero-order valence-electron chi connectivity index (χ0n) is 30.6. The molecule has 50 heavy (non-hydrogen) atoms. The molecule has 0 amide bonds. The Labute approximate surface area is 299 Å². The van der Waals surface area contributed by atoms with E-state index in [1.807, 2.05) is 12.1 Å². The minimum absolute atomic E-state index is 0.0143. The predicted octanol–water partition coefficient (Wildman–Crippen LogP) is 8.39. The van der Waals surface area contributed by atoms with Crippen molar-refractivity contribution in [3.05, 3.63) is 71.3 Å². The summed E-state index contributed by atoms with van der Waals surface area (Å²) in [6, 6.07) is 15.5. The van der Waals surface area contributed by atoms with Gasteiger partial charge in [-0.2, -0.15) is 0 Å². The van der Waals surface area contributed by atoms with E-state index in [4.69, 9.17) is 24.1 Å². The number of ether oxygens (including phenoxy) is 4. The number of carbonyl (C=O) groups excluding carboxylic acids is 2. The number of esters is 2. The Morgan fingerprint density at radius 3 is 1.80 bits per heavy atom. The number of rotatable bonds is 19. The number of aliphatic hydroxyl groups is 2. The summed E-state index contributed by atoms with van der Waals surface area (Å²) in [6.07, 6.45) is 15.3. The van der Waals surface area contributed by atoms with Crippen LogP contribution in [0.5, 0.6) is 11.5 Å². The Morgan fingerprint density at radius 1 is 0.720 bits per heavy atom. The van der Waals surface area contributed by atoms with Gasteiger partial charge in [0.2, 0.25) is 0 Å². The number of unbranched alkanes of at least 4 members (excludes halogenated alkanes) is 2. The normalized spacial score (nSPS) is 20.9. The molecule has 0 heterocycles. The molecule has 4 rings (SSSR count). The fourth-order valence-corrected chi connectivity index (χ4v) is 7.28. The SMILES string of the molecule is C=C(CO)C(=O)OCCOc1cc(C2CCC(c3ccc(C4CCC(CCCCC)CC4)cc3)CC2)ccc1OCCOC(=O)C(C)(C)CO. The molecule has 8 nitrogen and oxygen atoms in total. The smallest absolute Gasteiger partial charge is 0.335 e. The second kappa shape index (κ2) is 19.9. The molecule has 0 aliphatic heterocycles. The molecule has 2 aromatic rings. The van der Waals surface area contributed by atoms with Crippen molar-refractivity contribution in [1.82, 2.24) is 0 Å². The Balaban J connectivity index is 1.31. The highest BCUT2D eigenvalue weighted by molar-refractivity contribution is 5.87. The van der Waals surface area contributed by atoms with Crippen LogP contribution in [0.1, 0.15) is 132 Å². The Morgan fingerprint density at radius 2 is 1.24 bits per heavy atom. The summed E-state index contributed by atoms with van der Waals surface area (Å²) >= 11 is 0. The van der Waals surface area contributed by atoms with Crippen LogP contribution in [0.15, 0.2) is 54.6 Å². The van der Waals surface area contributed by atoms with Gasteiger partial charge in [-0.3, -0.25) is 4.79 Å². The molecule has 0 bridgehead atoms. The van der Waals surface area contributed by atoms with Gasteiger partial charge in [-0.15, -0.1) is 0 Å². The van der Waals surface area contributed by atoms with Crippen LogP contribution in [-0.2, 0) is 19.1 Å². The Bertz CT molecular complexity index is 1350. The maximum atomic E-state index is 12.2. The van der Waals surface area contributed by atoms with Crippen LogP contribution in [-0.4, -0.2) is 61.8 Å². The monoisotopic (exact) mass is 692 g/mol. The number of benzene rings is 2. The summed E-state index contributed by atoms with van der Waals surface area (Å²) in [7, 11) is 0. The van der Waals surface area contributed by atoms with Crippen LogP contribution >= 0.6 is 0 Å². The van der Waals surface area contributed by atoms with Crippen LogP contribution in [0.25, 0.3) is 0 Å². The quantitative estimate of drug-likeness (QED) is 0.0858. The molecule has 2 aliphatic rings. The average molecular weight is 693 g/mol. The van der Waals surface area contributed by atoms with Gasteiger partial charge < -0.3 is 29.2 Å². The van der Waals surface area contributed by atoms with Crippen LogP contribution in [0.3, 0.4) is 0 Å². The van der Waals surface area contributed by atoms with Crippen molar-refractivity contribution in [3.8, 4) is 11.5 Å². The molecule has 2 N–H and O–H groups in total. The second-order valence-corrected chi connectivity index (χ2v) is 14.9. The van der Waals surface area contributed by atoms with Gasteiger partial charge in [-0.05, 0) is 118 Å².